The van der Waals surface area contributed by atoms with E-state index in [1.165, 1.54) is 0 Å². The third kappa shape index (κ3) is 0.771. The maximum Gasteiger partial charge on any atom is 0.202 e. The Bertz CT molecular complexity index is 144. The number of aromatic amines is 1. The Hall–Kier alpha value is -0.440. The smallest absolute Gasteiger partial charge is 0.202 e. The number of rotatable bonds is 0. The Kier molecular flexibility index (Phi) is 1.06. The highest BCUT2D eigenvalue weighted by Gasteiger charge is 1.91. The molecule has 0 amide bonds. The zero-order valence-corrected chi connectivity index (χ0v) is 5.07. The van der Waals surface area contributed by atoms with E-state index in [4.69, 9.17) is 5.11 Å². The second-order valence-corrected chi connectivity index (χ2v) is 2.03. The standard InChI is InChI=1S/C4H4BrNO/c5-3-1-2-6-4(3)7/h1-2,6-7H. The van der Waals surface area contributed by atoms with Gasteiger partial charge in [-0.25, -0.2) is 0 Å². The van der Waals surface area contributed by atoms with Crippen LogP contribution in [0.3, 0.4) is 0 Å². The molecule has 0 fully saturated rings. The average Bonchev–Trinajstić information content (AvgIpc) is 1.91. The normalized spacial score (nSPS) is 9.29. The van der Waals surface area contributed by atoms with Crippen LogP contribution in [0.25, 0.3) is 0 Å². The third-order valence-electron chi connectivity index (χ3n) is 0.676. The van der Waals surface area contributed by atoms with Gasteiger partial charge in [0.05, 0.1) is 4.47 Å². The molecule has 0 radical (unpaired) electrons. The zero-order valence-electron chi connectivity index (χ0n) is 3.48. The highest BCUT2D eigenvalue weighted by atomic mass is 79.9. The molecular formula is C4H4BrNO. The van der Waals surface area contributed by atoms with Gasteiger partial charge in [0.1, 0.15) is 0 Å². The first kappa shape index (κ1) is 4.71. The van der Waals surface area contributed by atoms with E-state index >= 15 is 0 Å². The molecule has 1 heterocycles. The molecule has 0 bridgehead atoms. The lowest BCUT2D eigenvalue weighted by Gasteiger charge is -1.78. The van der Waals surface area contributed by atoms with Crippen LogP contribution in [0.2, 0.25) is 0 Å². The van der Waals surface area contributed by atoms with Crippen molar-refractivity contribution in [3.8, 4) is 5.88 Å². The summed E-state index contributed by atoms with van der Waals surface area (Å²) in [6, 6.07) is 1.73. The minimum Gasteiger partial charge on any atom is -0.494 e. The van der Waals surface area contributed by atoms with Crippen molar-refractivity contribution in [3.63, 3.8) is 0 Å². The predicted molar refractivity (Wildman–Crippen MR) is 30.2 cm³/mol. The third-order valence-corrected chi connectivity index (χ3v) is 1.32. The molecule has 0 aliphatic heterocycles. The lowest BCUT2D eigenvalue weighted by Crippen LogP contribution is -1.56. The maximum atomic E-state index is 8.66. The van der Waals surface area contributed by atoms with Gasteiger partial charge < -0.3 is 10.1 Å². The summed E-state index contributed by atoms with van der Waals surface area (Å²) in [5.74, 6) is 0.181. The van der Waals surface area contributed by atoms with Gasteiger partial charge in [-0.2, -0.15) is 0 Å². The number of hydrogen-bond acceptors (Lipinski definition) is 1. The fraction of sp³-hybridized carbons (Fsp3) is 0. The van der Waals surface area contributed by atoms with E-state index in [2.05, 4.69) is 20.9 Å². The van der Waals surface area contributed by atoms with E-state index in [0.717, 1.165) is 0 Å². The van der Waals surface area contributed by atoms with Gasteiger partial charge in [-0.3, -0.25) is 0 Å². The number of aromatic nitrogens is 1. The lowest BCUT2D eigenvalue weighted by molar-refractivity contribution is 0.454. The van der Waals surface area contributed by atoms with Crippen molar-refractivity contribution < 1.29 is 5.11 Å². The molecule has 0 saturated heterocycles. The highest BCUT2D eigenvalue weighted by molar-refractivity contribution is 9.10. The molecule has 0 saturated carbocycles. The Morgan fingerprint density at radius 1 is 1.71 bits per heavy atom. The molecular weight excluding hydrogens is 158 g/mol. The number of hydrogen-bond donors (Lipinski definition) is 2. The van der Waals surface area contributed by atoms with E-state index in [1.54, 1.807) is 12.3 Å². The number of H-pyrrole nitrogens is 1. The van der Waals surface area contributed by atoms with Gasteiger partial charge in [-0.15, -0.1) is 0 Å². The molecule has 3 heteroatoms. The van der Waals surface area contributed by atoms with Gasteiger partial charge in [0.25, 0.3) is 0 Å². The van der Waals surface area contributed by atoms with Crippen LogP contribution in [-0.2, 0) is 0 Å². The molecule has 0 atom stereocenters. The summed E-state index contributed by atoms with van der Waals surface area (Å²) in [6.07, 6.45) is 1.65. The van der Waals surface area contributed by atoms with Crippen LogP contribution in [0, 0.1) is 0 Å². The van der Waals surface area contributed by atoms with E-state index in [0.29, 0.717) is 4.47 Å². The zero-order chi connectivity index (χ0) is 5.28. The second-order valence-electron chi connectivity index (χ2n) is 1.17. The first-order valence-corrected chi connectivity index (χ1v) is 2.62. The van der Waals surface area contributed by atoms with Crippen LogP contribution >= 0.6 is 15.9 Å². The molecule has 0 spiro atoms. The molecule has 0 unspecified atom stereocenters. The molecule has 7 heavy (non-hydrogen) atoms. The van der Waals surface area contributed by atoms with Crippen molar-refractivity contribution in [1.82, 2.24) is 4.98 Å². The van der Waals surface area contributed by atoms with Crippen molar-refractivity contribution >= 4 is 15.9 Å². The Morgan fingerprint density at radius 2 is 2.43 bits per heavy atom. The summed E-state index contributed by atoms with van der Waals surface area (Å²) < 4.78 is 0.701. The summed E-state index contributed by atoms with van der Waals surface area (Å²) in [4.78, 5) is 2.58. The molecule has 2 nitrogen and oxygen atoms in total. The van der Waals surface area contributed by atoms with E-state index < -0.39 is 0 Å². The van der Waals surface area contributed by atoms with Gasteiger partial charge in [-0.1, -0.05) is 0 Å². The maximum absolute atomic E-state index is 8.66. The number of aromatic hydroxyl groups is 1. The minimum atomic E-state index is 0.181. The number of halogens is 1. The van der Waals surface area contributed by atoms with Crippen molar-refractivity contribution in [3.05, 3.63) is 16.7 Å². The van der Waals surface area contributed by atoms with Gasteiger partial charge in [0.2, 0.25) is 5.88 Å². The Labute approximate surface area is 49.3 Å². The van der Waals surface area contributed by atoms with Crippen molar-refractivity contribution in [2.45, 2.75) is 0 Å². The van der Waals surface area contributed by atoms with Crippen molar-refractivity contribution in [2.75, 3.05) is 0 Å². The average molecular weight is 162 g/mol. The quantitative estimate of drug-likeness (QED) is 0.595. The summed E-state index contributed by atoms with van der Waals surface area (Å²) >= 11 is 3.08. The van der Waals surface area contributed by atoms with Crippen molar-refractivity contribution in [2.24, 2.45) is 0 Å². The van der Waals surface area contributed by atoms with Crippen LogP contribution in [-0.4, -0.2) is 10.1 Å². The van der Waals surface area contributed by atoms with E-state index in [9.17, 15) is 0 Å². The minimum absolute atomic E-state index is 0.181. The van der Waals surface area contributed by atoms with Crippen LogP contribution in [0.1, 0.15) is 0 Å². The summed E-state index contributed by atoms with van der Waals surface area (Å²) in [6.45, 7) is 0. The molecule has 1 rings (SSSR count). The van der Waals surface area contributed by atoms with E-state index in [-0.39, 0.29) is 5.88 Å². The summed E-state index contributed by atoms with van der Waals surface area (Å²) in [5.41, 5.74) is 0. The second kappa shape index (κ2) is 1.58. The van der Waals surface area contributed by atoms with E-state index in [1.807, 2.05) is 0 Å². The molecule has 1 aromatic rings. The molecule has 1 aromatic heterocycles. The summed E-state index contributed by atoms with van der Waals surface area (Å²) in [5, 5.41) is 8.66. The molecule has 2 N–H and O–H groups in total. The molecule has 38 valence electrons. The molecule has 0 aliphatic rings. The molecule has 0 aromatic carbocycles. The predicted octanol–water partition coefficient (Wildman–Crippen LogP) is 1.48. The topological polar surface area (TPSA) is 36.0 Å². The van der Waals surface area contributed by atoms with Gasteiger partial charge in [0, 0.05) is 6.20 Å². The van der Waals surface area contributed by atoms with Crippen LogP contribution in [0.15, 0.2) is 16.7 Å². The Balaban J connectivity index is 3.12. The first-order chi connectivity index (χ1) is 3.30. The van der Waals surface area contributed by atoms with Gasteiger partial charge >= 0.3 is 0 Å². The fourth-order valence-corrected chi connectivity index (χ4v) is 0.588. The van der Waals surface area contributed by atoms with Crippen LogP contribution in [0.4, 0.5) is 0 Å². The SMILES string of the molecule is Oc1[nH]ccc1Br. The van der Waals surface area contributed by atoms with Gasteiger partial charge in [-0.05, 0) is 22.0 Å². The fourth-order valence-electron chi connectivity index (χ4n) is 0.342. The summed E-state index contributed by atoms with van der Waals surface area (Å²) in [7, 11) is 0. The largest absolute Gasteiger partial charge is 0.494 e. The lowest BCUT2D eigenvalue weighted by atomic mass is 10.7. The highest BCUT2D eigenvalue weighted by Crippen LogP contribution is 2.19. The van der Waals surface area contributed by atoms with Crippen molar-refractivity contribution in [1.29, 1.82) is 0 Å². The number of nitrogens with one attached hydrogen (secondary N) is 1. The first-order valence-electron chi connectivity index (χ1n) is 1.82. The van der Waals surface area contributed by atoms with Crippen LogP contribution in [0.5, 0.6) is 5.88 Å². The van der Waals surface area contributed by atoms with Gasteiger partial charge in [0.15, 0.2) is 0 Å². The molecule has 0 aliphatic carbocycles. The Morgan fingerprint density at radius 3 is 2.57 bits per heavy atom. The van der Waals surface area contributed by atoms with Crippen LogP contribution < -0.4 is 0 Å². The monoisotopic (exact) mass is 161 g/mol.